The van der Waals surface area contributed by atoms with Gasteiger partial charge in [-0.2, -0.15) is 9.67 Å². The van der Waals surface area contributed by atoms with Crippen molar-refractivity contribution in [2.24, 2.45) is 0 Å². The van der Waals surface area contributed by atoms with Crippen molar-refractivity contribution >= 4 is 0 Å². The van der Waals surface area contributed by atoms with Gasteiger partial charge in [-0.25, -0.2) is 4.79 Å². The first-order chi connectivity index (χ1) is 8.36. The number of rotatable bonds is 1. The van der Waals surface area contributed by atoms with E-state index in [0.29, 0.717) is 0 Å². The van der Waals surface area contributed by atoms with Crippen molar-refractivity contribution in [1.82, 2.24) is 9.67 Å². The van der Waals surface area contributed by atoms with Crippen LogP contribution in [0.5, 0.6) is 0 Å². The van der Waals surface area contributed by atoms with Crippen LogP contribution in [0.2, 0.25) is 0 Å². The summed E-state index contributed by atoms with van der Waals surface area (Å²) in [5, 5.41) is 2.92. The lowest BCUT2D eigenvalue weighted by Crippen LogP contribution is -2.38. The van der Waals surface area contributed by atoms with E-state index in [1.54, 1.807) is 0 Å². The van der Waals surface area contributed by atoms with Crippen molar-refractivity contribution in [2.45, 2.75) is 32.2 Å². The van der Waals surface area contributed by atoms with Crippen LogP contribution in [0.25, 0.3) is 5.69 Å². The normalized spacial score (nSPS) is 15.3. The Kier molecular flexibility index (Phi) is 2.55. The second-order valence-electron chi connectivity index (χ2n) is 4.47. The quantitative estimate of drug-likeness (QED) is 0.734. The zero-order valence-corrected chi connectivity index (χ0v) is 9.72. The summed E-state index contributed by atoms with van der Waals surface area (Å²) in [5.74, 6) is 1.10. The van der Waals surface area contributed by atoms with Crippen molar-refractivity contribution in [2.75, 3.05) is 0 Å². The molecular weight excluding hydrogens is 214 g/mol. The van der Waals surface area contributed by atoms with Crippen LogP contribution in [0, 0.1) is 0 Å². The zero-order chi connectivity index (χ0) is 11.7. The minimum atomic E-state index is 0.00533. The molecule has 1 aliphatic heterocycles. The third-order valence-electron chi connectivity index (χ3n) is 3.32. The summed E-state index contributed by atoms with van der Waals surface area (Å²) in [6, 6.07) is 9.99. The van der Waals surface area contributed by atoms with Gasteiger partial charge in [0.05, 0.1) is 13.0 Å². The van der Waals surface area contributed by atoms with E-state index in [0.717, 1.165) is 37.3 Å². The third kappa shape index (κ3) is 1.79. The highest BCUT2D eigenvalue weighted by molar-refractivity contribution is 5.21. The molecule has 1 N–H and O–H groups in total. The molecule has 0 fully saturated rings. The Morgan fingerprint density at radius 3 is 2.76 bits per heavy atom. The molecule has 0 radical (unpaired) electrons. The van der Waals surface area contributed by atoms with Gasteiger partial charge in [-0.3, -0.25) is 0 Å². The van der Waals surface area contributed by atoms with Crippen LogP contribution in [-0.4, -0.2) is 9.67 Å². The van der Waals surface area contributed by atoms with Gasteiger partial charge in [0.1, 0.15) is 0 Å². The molecule has 17 heavy (non-hydrogen) atoms. The van der Waals surface area contributed by atoms with Gasteiger partial charge in [-0.15, -0.1) is 4.68 Å². The molecule has 0 spiro atoms. The second kappa shape index (κ2) is 4.20. The van der Waals surface area contributed by atoms with Crippen LogP contribution >= 0.6 is 0 Å². The first kappa shape index (κ1) is 10.3. The molecule has 0 saturated carbocycles. The highest BCUT2D eigenvalue weighted by Crippen LogP contribution is 2.10. The topological polar surface area (TPSA) is 41.7 Å². The number of hydrogen-bond donors (Lipinski definition) is 1. The fraction of sp³-hybridized carbons (Fsp3) is 0.385. The Balaban J connectivity index is 2.15. The molecule has 4 heteroatoms. The molecule has 4 nitrogen and oxygen atoms in total. The monoisotopic (exact) mass is 230 g/mol. The predicted octanol–water partition coefficient (Wildman–Crippen LogP) is 1.18. The number of hydrogen-bond acceptors (Lipinski definition) is 1. The zero-order valence-electron chi connectivity index (χ0n) is 9.72. The molecular formula is C13H16N3O+. The van der Waals surface area contributed by atoms with Gasteiger partial charge in [0.25, 0.3) is 5.82 Å². The van der Waals surface area contributed by atoms with Gasteiger partial charge in [0, 0.05) is 0 Å². The number of aromatic nitrogens is 3. The number of nitrogens with one attached hydrogen (secondary N) is 1. The Labute approximate surface area is 99.5 Å². The molecule has 3 rings (SSSR count). The number of H-pyrrole nitrogens is 1. The Bertz CT molecular complexity index is 568. The van der Waals surface area contributed by atoms with E-state index in [2.05, 4.69) is 5.10 Å². The highest BCUT2D eigenvalue weighted by atomic mass is 16.2. The number of para-hydroxylation sites is 1. The van der Waals surface area contributed by atoms with Crippen LogP contribution in [0.15, 0.2) is 35.1 Å². The van der Waals surface area contributed by atoms with E-state index >= 15 is 0 Å². The maximum Gasteiger partial charge on any atom is 0.444 e. The van der Waals surface area contributed by atoms with Crippen LogP contribution in [0.1, 0.15) is 25.1 Å². The van der Waals surface area contributed by atoms with Crippen molar-refractivity contribution in [1.29, 1.82) is 0 Å². The van der Waals surface area contributed by atoms with Crippen molar-refractivity contribution < 1.29 is 4.68 Å². The molecule has 0 aliphatic carbocycles. The smallest absolute Gasteiger partial charge is 0.217 e. The Hall–Kier alpha value is -1.84. The SMILES string of the molecule is O=c1[nH][n+](-c2ccccc2)c2n1CCCCC2. The number of nitrogens with zero attached hydrogens (tertiary/aromatic N) is 2. The maximum absolute atomic E-state index is 11.9. The summed E-state index contributed by atoms with van der Waals surface area (Å²) >= 11 is 0. The predicted molar refractivity (Wildman–Crippen MR) is 64.1 cm³/mol. The minimum absolute atomic E-state index is 0.00533. The van der Waals surface area contributed by atoms with Gasteiger partial charge >= 0.3 is 5.69 Å². The number of fused-ring (bicyclic) bond motifs is 1. The van der Waals surface area contributed by atoms with E-state index in [-0.39, 0.29) is 5.69 Å². The summed E-state index contributed by atoms with van der Waals surface area (Å²) in [7, 11) is 0. The largest absolute Gasteiger partial charge is 0.444 e. The maximum atomic E-state index is 11.9. The van der Waals surface area contributed by atoms with Crippen LogP contribution in [0.3, 0.4) is 0 Å². The van der Waals surface area contributed by atoms with Gasteiger partial charge in [0.2, 0.25) is 0 Å². The molecule has 0 saturated heterocycles. The summed E-state index contributed by atoms with van der Waals surface area (Å²) in [6.45, 7) is 0.838. The second-order valence-corrected chi connectivity index (χ2v) is 4.47. The number of benzene rings is 1. The molecule has 0 atom stereocenters. The van der Waals surface area contributed by atoms with E-state index < -0.39 is 0 Å². The summed E-state index contributed by atoms with van der Waals surface area (Å²) in [6.07, 6.45) is 4.42. The first-order valence-corrected chi connectivity index (χ1v) is 6.15. The summed E-state index contributed by atoms with van der Waals surface area (Å²) < 4.78 is 3.80. The van der Waals surface area contributed by atoms with Gasteiger partial charge < -0.3 is 0 Å². The average Bonchev–Trinajstić information content (AvgIpc) is 2.57. The highest BCUT2D eigenvalue weighted by Gasteiger charge is 2.24. The lowest BCUT2D eigenvalue weighted by Gasteiger charge is -1.98. The molecule has 2 heterocycles. The van der Waals surface area contributed by atoms with Crippen molar-refractivity contribution in [3.05, 3.63) is 46.6 Å². The van der Waals surface area contributed by atoms with Gasteiger partial charge in [-0.1, -0.05) is 18.2 Å². The van der Waals surface area contributed by atoms with E-state index in [1.807, 2.05) is 39.6 Å². The fourth-order valence-electron chi connectivity index (χ4n) is 2.46. The molecule has 2 aromatic rings. The van der Waals surface area contributed by atoms with E-state index in [1.165, 1.54) is 6.42 Å². The molecule has 0 amide bonds. The van der Waals surface area contributed by atoms with Crippen LogP contribution in [-0.2, 0) is 13.0 Å². The van der Waals surface area contributed by atoms with E-state index in [9.17, 15) is 4.79 Å². The molecule has 1 aromatic heterocycles. The summed E-state index contributed by atoms with van der Waals surface area (Å²) in [4.78, 5) is 11.9. The lowest BCUT2D eigenvalue weighted by molar-refractivity contribution is -0.666. The van der Waals surface area contributed by atoms with Crippen LogP contribution in [0.4, 0.5) is 0 Å². The first-order valence-electron chi connectivity index (χ1n) is 6.15. The third-order valence-corrected chi connectivity index (χ3v) is 3.32. The van der Waals surface area contributed by atoms with Crippen molar-refractivity contribution in [3.63, 3.8) is 0 Å². The molecule has 1 aliphatic rings. The van der Waals surface area contributed by atoms with Crippen LogP contribution < -0.4 is 10.4 Å². The average molecular weight is 230 g/mol. The fourth-order valence-corrected chi connectivity index (χ4v) is 2.46. The van der Waals surface area contributed by atoms with E-state index in [4.69, 9.17) is 0 Å². The van der Waals surface area contributed by atoms with Gasteiger partial charge in [-0.05, 0) is 31.4 Å². The lowest BCUT2D eigenvalue weighted by atomic mass is 10.2. The Morgan fingerprint density at radius 1 is 1.12 bits per heavy atom. The number of aromatic amines is 1. The molecule has 88 valence electrons. The molecule has 0 bridgehead atoms. The molecule has 1 aromatic carbocycles. The Morgan fingerprint density at radius 2 is 1.94 bits per heavy atom. The van der Waals surface area contributed by atoms with Crippen molar-refractivity contribution in [3.8, 4) is 5.69 Å². The van der Waals surface area contributed by atoms with Gasteiger partial charge in [0.15, 0.2) is 5.69 Å². The minimum Gasteiger partial charge on any atom is -0.217 e. The summed E-state index contributed by atoms with van der Waals surface area (Å²) in [5.41, 5.74) is 1.03. The standard InChI is InChI=1S/C13H15N3O/c17-13-14-16(11-7-3-1-4-8-11)12-9-5-2-6-10-15(12)13/h1,3-4,7-8H,2,5-6,9-10H2/p+1. The molecule has 0 unspecified atom stereocenters.